The molecule has 1 amide bonds. The van der Waals surface area contributed by atoms with Crippen LogP contribution in [0.5, 0.6) is 0 Å². The van der Waals surface area contributed by atoms with Gasteiger partial charge in [0.2, 0.25) is 5.95 Å². The summed E-state index contributed by atoms with van der Waals surface area (Å²) < 4.78 is 6.61. The maximum Gasteiger partial charge on any atom is 0.306 e. The van der Waals surface area contributed by atoms with E-state index in [1.54, 1.807) is 4.52 Å². The molecule has 0 bridgehead atoms. The van der Waals surface area contributed by atoms with Gasteiger partial charge in [0.05, 0.1) is 0 Å². The first kappa shape index (κ1) is 19.6. The Morgan fingerprint density at radius 3 is 2.73 bits per heavy atom. The van der Waals surface area contributed by atoms with Crippen LogP contribution < -0.4 is 11.1 Å². The summed E-state index contributed by atoms with van der Waals surface area (Å²) in [6.45, 7) is 7.43. The molecular formula is C17H26N6O3. The molecular weight excluding hydrogens is 336 g/mol. The van der Waals surface area contributed by atoms with E-state index >= 15 is 0 Å². The predicted octanol–water partition coefficient (Wildman–Crippen LogP) is 1.10. The Morgan fingerprint density at radius 1 is 1.31 bits per heavy atom. The number of anilines is 1. The van der Waals surface area contributed by atoms with Crippen LogP contribution in [-0.4, -0.2) is 44.1 Å². The SMILES string of the molecule is CCC[C@H](C)NC(=O)COC(=O)CCc1c(C)nc2nc(N)nn2c1C. The van der Waals surface area contributed by atoms with Crippen molar-refractivity contribution in [1.82, 2.24) is 24.9 Å². The molecule has 142 valence electrons. The third-order valence-corrected chi connectivity index (χ3v) is 4.14. The number of fused-ring (bicyclic) bond motifs is 1. The Morgan fingerprint density at radius 2 is 2.04 bits per heavy atom. The van der Waals surface area contributed by atoms with E-state index in [9.17, 15) is 9.59 Å². The molecule has 9 heteroatoms. The number of hydrogen-bond acceptors (Lipinski definition) is 7. The number of esters is 1. The van der Waals surface area contributed by atoms with Gasteiger partial charge in [-0.15, -0.1) is 5.10 Å². The molecule has 0 unspecified atom stereocenters. The largest absolute Gasteiger partial charge is 0.456 e. The van der Waals surface area contributed by atoms with Gasteiger partial charge in [-0.05, 0) is 39.2 Å². The molecule has 0 aliphatic heterocycles. The number of carbonyl (C=O) groups is 2. The number of aryl methyl sites for hydroxylation is 2. The highest BCUT2D eigenvalue weighted by Gasteiger charge is 2.15. The van der Waals surface area contributed by atoms with Crippen LogP contribution >= 0.6 is 0 Å². The van der Waals surface area contributed by atoms with Gasteiger partial charge in [-0.2, -0.15) is 9.50 Å². The maximum absolute atomic E-state index is 11.9. The second-order valence-electron chi connectivity index (χ2n) is 6.36. The van der Waals surface area contributed by atoms with Crippen LogP contribution in [0, 0.1) is 13.8 Å². The second kappa shape index (κ2) is 8.59. The molecule has 0 aromatic carbocycles. The number of ether oxygens (including phenoxy) is 1. The molecule has 2 rings (SSSR count). The number of aromatic nitrogens is 4. The van der Waals surface area contributed by atoms with Crippen molar-refractivity contribution in [3.05, 3.63) is 17.0 Å². The summed E-state index contributed by atoms with van der Waals surface area (Å²) in [5, 5.41) is 6.89. The minimum absolute atomic E-state index is 0.0735. The van der Waals surface area contributed by atoms with E-state index in [0.717, 1.165) is 29.8 Å². The molecule has 0 spiro atoms. The average Bonchev–Trinajstić information content (AvgIpc) is 2.93. The number of amides is 1. The first-order valence-corrected chi connectivity index (χ1v) is 8.75. The summed E-state index contributed by atoms with van der Waals surface area (Å²) in [5.74, 6) is -0.130. The van der Waals surface area contributed by atoms with Crippen molar-refractivity contribution in [2.24, 2.45) is 0 Å². The second-order valence-corrected chi connectivity index (χ2v) is 6.36. The van der Waals surface area contributed by atoms with Crippen molar-refractivity contribution in [2.45, 2.75) is 59.4 Å². The lowest BCUT2D eigenvalue weighted by molar-refractivity contribution is -0.148. The molecule has 0 aliphatic carbocycles. The van der Waals surface area contributed by atoms with Crippen molar-refractivity contribution >= 4 is 23.6 Å². The van der Waals surface area contributed by atoms with Crippen LogP contribution in [0.15, 0.2) is 0 Å². The molecule has 0 saturated carbocycles. The third-order valence-electron chi connectivity index (χ3n) is 4.14. The zero-order valence-corrected chi connectivity index (χ0v) is 15.7. The Kier molecular flexibility index (Phi) is 6.48. The number of rotatable bonds is 8. The molecule has 26 heavy (non-hydrogen) atoms. The Bertz CT molecular complexity index is 801. The summed E-state index contributed by atoms with van der Waals surface area (Å²) in [5.41, 5.74) is 8.09. The highest BCUT2D eigenvalue weighted by Crippen LogP contribution is 2.16. The van der Waals surface area contributed by atoms with E-state index in [1.807, 2.05) is 27.7 Å². The highest BCUT2D eigenvalue weighted by atomic mass is 16.5. The van der Waals surface area contributed by atoms with Crippen molar-refractivity contribution in [3.63, 3.8) is 0 Å². The number of nitrogen functional groups attached to an aromatic ring is 1. The number of nitrogens with one attached hydrogen (secondary N) is 1. The predicted molar refractivity (Wildman–Crippen MR) is 96.5 cm³/mol. The van der Waals surface area contributed by atoms with E-state index in [1.165, 1.54) is 0 Å². The fraction of sp³-hybridized carbons (Fsp3) is 0.588. The van der Waals surface area contributed by atoms with Gasteiger partial charge in [0, 0.05) is 23.9 Å². The van der Waals surface area contributed by atoms with Gasteiger partial charge >= 0.3 is 5.97 Å². The van der Waals surface area contributed by atoms with Crippen LogP contribution in [0.2, 0.25) is 0 Å². The topological polar surface area (TPSA) is 124 Å². The van der Waals surface area contributed by atoms with Crippen LogP contribution in [0.4, 0.5) is 5.95 Å². The Balaban J connectivity index is 1.89. The highest BCUT2D eigenvalue weighted by molar-refractivity contribution is 5.80. The van der Waals surface area contributed by atoms with E-state index in [-0.39, 0.29) is 30.9 Å². The Labute approximate surface area is 152 Å². The quantitative estimate of drug-likeness (QED) is 0.674. The average molecular weight is 362 g/mol. The van der Waals surface area contributed by atoms with E-state index < -0.39 is 5.97 Å². The van der Waals surface area contributed by atoms with Crippen LogP contribution in [-0.2, 0) is 20.7 Å². The van der Waals surface area contributed by atoms with Crippen LogP contribution in [0.1, 0.15) is 50.1 Å². The normalized spacial score (nSPS) is 12.2. The van der Waals surface area contributed by atoms with E-state index in [4.69, 9.17) is 10.5 Å². The monoisotopic (exact) mass is 362 g/mol. The molecule has 2 heterocycles. The molecule has 0 radical (unpaired) electrons. The summed E-state index contributed by atoms with van der Waals surface area (Å²) in [6, 6.07) is 0.0735. The molecule has 9 nitrogen and oxygen atoms in total. The van der Waals surface area contributed by atoms with Gasteiger partial charge in [-0.25, -0.2) is 4.98 Å². The first-order chi connectivity index (χ1) is 12.3. The number of carbonyl (C=O) groups excluding carboxylic acids is 2. The summed E-state index contributed by atoms with van der Waals surface area (Å²) in [7, 11) is 0. The van der Waals surface area contributed by atoms with Crippen LogP contribution in [0.3, 0.4) is 0 Å². The van der Waals surface area contributed by atoms with Crippen molar-refractivity contribution in [3.8, 4) is 0 Å². The van der Waals surface area contributed by atoms with E-state index in [0.29, 0.717) is 12.2 Å². The Hall–Kier alpha value is -2.71. The zero-order valence-electron chi connectivity index (χ0n) is 15.7. The number of hydrogen-bond donors (Lipinski definition) is 2. The molecule has 1 atom stereocenters. The summed E-state index contributed by atoms with van der Waals surface area (Å²) in [6.07, 6.45) is 2.46. The lowest BCUT2D eigenvalue weighted by atomic mass is 10.1. The van der Waals surface area contributed by atoms with Gasteiger partial charge in [-0.3, -0.25) is 9.59 Å². The summed E-state index contributed by atoms with van der Waals surface area (Å²) >= 11 is 0. The van der Waals surface area contributed by atoms with Crippen molar-refractivity contribution in [1.29, 1.82) is 0 Å². The molecule has 2 aromatic heterocycles. The molecule has 3 N–H and O–H groups in total. The molecule has 0 saturated heterocycles. The fourth-order valence-corrected chi connectivity index (χ4v) is 2.85. The number of nitrogens with two attached hydrogens (primary N) is 1. The van der Waals surface area contributed by atoms with Gasteiger partial charge < -0.3 is 15.8 Å². The zero-order chi connectivity index (χ0) is 19.3. The van der Waals surface area contributed by atoms with Gasteiger partial charge in [0.15, 0.2) is 6.61 Å². The van der Waals surface area contributed by atoms with Gasteiger partial charge in [0.25, 0.3) is 11.7 Å². The summed E-state index contributed by atoms with van der Waals surface area (Å²) in [4.78, 5) is 32.1. The van der Waals surface area contributed by atoms with E-state index in [2.05, 4.69) is 20.4 Å². The van der Waals surface area contributed by atoms with Crippen molar-refractivity contribution < 1.29 is 14.3 Å². The smallest absolute Gasteiger partial charge is 0.306 e. The van der Waals surface area contributed by atoms with Gasteiger partial charge in [0.1, 0.15) is 0 Å². The van der Waals surface area contributed by atoms with Crippen LogP contribution in [0.25, 0.3) is 5.78 Å². The molecule has 0 fully saturated rings. The molecule has 0 aliphatic rings. The van der Waals surface area contributed by atoms with Crippen molar-refractivity contribution in [2.75, 3.05) is 12.3 Å². The lowest BCUT2D eigenvalue weighted by Crippen LogP contribution is -2.35. The number of nitrogens with zero attached hydrogens (tertiary/aromatic N) is 4. The lowest BCUT2D eigenvalue weighted by Gasteiger charge is -2.13. The minimum atomic E-state index is -0.430. The van der Waals surface area contributed by atoms with Gasteiger partial charge in [-0.1, -0.05) is 13.3 Å². The minimum Gasteiger partial charge on any atom is -0.456 e. The fourth-order valence-electron chi connectivity index (χ4n) is 2.85. The third kappa shape index (κ3) is 4.90. The maximum atomic E-state index is 11.9. The standard InChI is InChI=1S/C17H26N6O3/c1-5-6-10(2)19-14(24)9-26-15(25)8-7-13-11(3)20-17-21-16(18)22-23(17)12(13)4/h10H,5-9H2,1-4H3,(H2,18,22)(H,19,24)/t10-/m0/s1. The molecule has 2 aromatic rings. The first-order valence-electron chi connectivity index (χ1n) is 8.75.